The quantitative estimate of drug-likeness (QED) is 0.450. The second-order valence-corrected chi connectivity index (χ2v) is 6.61. The van der Waals surface area contributed by atoms with E-state index in [1.165, 1.54) is 6.26 Å². The van der Waals surface area contributed by atoms with Gasteiger partial charge in [0, 0.05) is 25.1 Å². The van der Waals surface area contributed by atoms with Crippen molar-refractivity contribution in [1.29, 1.82) is 0 Å². The van der Waals surface area contributed by atoms with Crippen molar-refractivity contribution in [3.63, 3.8) is 0 Å². The normalized spacial score (nSPS) is 10.8. The van der Waals surface area contributed by atoms with Crippen molar-refractivity contribution < 1.29 is 14.0 Å². The number of carbonyl (C=O) groups is 2. The number of hydrogen-bond acceptors (Lipinski definition) is 4. The zero-order valence-corrected chi connectivity index (χ0v) is 15.6. The minimum absolute atomic E-state index is 0.0597. The fourth-order valence-corrected chi connectivity index (χ4v) is 3.00. The van der Waals surface area contributed by atoms with Crippen molar-refractivity contribution >= 4 is 28.5 Å². The summed E-state index contributed by atoms with van der Waals surface area (Å²) < 4.78 is 5.08. The highest BCUT2D eigenvalue weighted by Gasteiger charge is 2.10. The molecular weight excluding hydrogens is 368 g/mol. The third kappa shape index (κ3) is 4.70. The largest absolute Gasteiger partial charge is 0.459 e. The molecule has 0 fully saturated rings. The minimum atomic E-state index is -0.318. The summed E-state index contributed by atoms with van der Waals surface area (Å²) >= 11 is 0. The number of H-pyrrole nitrogens is 1. The molecule has 0 radical (unpaired) electrons. The molecule has 0 bridgehead atoms. The number of para-hydroxylation sites is 2. The van der Waals surface area contributed by atoms with Crippen LogP contribution in [-0.4, -0.2) is 21.8 Å². The molecule has 2 heterocycles. The third-order valence-corrected chi connectivity index (χ3v) is 4.45. The van der Waals surface area contributed by atoms with E-state index in [1.807, 2.05) is 42.5 Å². The van der Waals surface area contributed by atoms with Crippen LogP contribution in [-0.2, 0) is 17.8 Å². The maximum absolute atomic E-state index is 12.2. The molecule has 0 aliphatic carbocycles. The lowest BCUT2D eigenvalue weighted by Crippen LogP contribution is -2.23. The summed E-state index contributed by atoms with van der Waals surface area (Å²) in [7, 11) is 0. The molecule has 0 aliphatic rings. The Hall–Kier alpha value is -3.87. The molecule has 0 aliphatic heterocycles. The van der Waals surface area contributed by atoms with Crippen molar-refractivity contribution in [2.75, 3.05) is 5.32 Å². The van der Waals surface area contributed by atoms with Crippen LogP contribution in [0.5, 0.6) is 0 Å². The van der Waals surface area contributed by atoms with Crippen LogP contribution in [0.2, 0.25) is 0 Å². The van der Waals surface area contributed by atoms with Crippen LogP contribution in [0, 0.1) is 0 Å². The number of rotatable bonds is 7. The average Bonchev–Trinajstić information content (AvgIpc) is 3.40. The van der Waals surface area contributed by atoms with E-state index in [-0.39, 0.29) is 17.6 Å². The van der Waals surface area contributed by atoms with E-state index >= 15 is 0 Å². The molecular formula is C22H20N4O3. The molecule has 7 heteroatoms. The van der Waals surface area contributed by atoms with Gasteiger partial charge in [-0.3, -0.25) is 9.59 Å². The van der Waals surface area contributed by atoms with Crippen LogP contribution in [0.4, 0.5) is 5.69 Å². The first-order valence-electron chi connectivity index (χ1n) is 9.31. The number of aromatic amines is 1. The number of fused-ring (bicyclic) bond motifs is 1. The highest BCUT2D eigenvalue weighted by Crippen LogP contribution is 2.13. The smallest absolute Gasteiger partial charge is 0.291 e. The molecule has 2 aromatic heterocycles. The third-order valence-electron chi connectivity index (χ3n) is 4.45. The van der Waals surface area contributed by atoms with Gasteiger partial charge >= 0.3 is 0 Å². The fourth-order valence-electron chi connectivity index (χ4n) is 3.00. The van der Waals surface area contributed by atoms with Crippen molar-refractivity contribution in [3.8, 4) is 0 Å². The Labute approximate surface area is 167 Å². The van der Waals surface area contributed by atoms with Crippen LogP contribution in [0.1, 0.15) is 28.4 Å². The number of hydrogen-bond donors (Lipinski definition) is 3. The molecule has 3 N–H and O–H groups in total. The van der Waals surface area contributed by atoms with Crippen molar-refractivity contribution in [2.45, 2.75) is 19.4 Å². The van der Waals surface area contributed by atoms with Gasteiger partial charge in [-0.25, -0.2) is 4.98 Å². The summed E-state index contributed by atoms with van der Waals surface area (Å²) in [5.74, 6) is 0.663. The molecule has 0 unspecified atom stereocenters. The number of imidazole rings is 1. The number of anilines is 1. The summed E-state index contributed by atoms with van der Waals surface area (Å²) in [5.41, 5.74) is 3.40. The topological polar surface area (TPSA) is 100 Å². The first-order chi connectivity index (χ1) is 14.2. The Morgan fingerprint density at radius 1 is 1.03 bits per heavy atom. The van der Waals surface area contributed by atoms with Gasteiger partial charge in [0.15, 0.2) is 5.76 Å². The van der Waals surface area contributed by atoms with Crippen LogP contribution in [0.3, 0.4) is 0 Å². The van der Waals surface area contributed by atoms with Gasteiger partial charge in [0.05, 0.1) is 17.3 Å². The van der Waals surface area contributed by atoms with Crippen molar-refractivity contribution in [3.05, 3.63) is 84.1 Å². The minimum Gasteiger partial charge on any atom is -0.459 e. The second kappa shape index (κ2) is 8.43. The molecule has 4 aromatic rings. The van der Waals surface area contributed by atoms with Gasteiger partial charge < -0.3 is 20.0 Å². The predicted octanol–water partition coefficient (Wildman–Crippen LogP) is 3.66. The van der Waals surface area contributed by atoms with Crippen LogP contribution in [0.25, 0.3) is 11.0 Å². The predicted molar refractivity (Wildman–Crippen MR) is 109 cm³/mol. The standard InChI is InChI=1S/C22H20N4O3/c27-21(11-10-20-25-17-7-1-2-8-18(17)26-20)23-14-15-5-3-6-16(13-15)24-22(28)19-9-4-12-29-19/h1-9,12-13H,10-11,14H2,(H,23,27)(H,24,28)(H,25,26). The van der Waals surface area contributed by atoms with Gasteiger partial charge in [0.25, 0.3) is 5.91 Å². The summed E-state index contributed by atoms with van der Waals surface area (Å²) in [6.45, 7) is 0.378. The van der Waals surface area contributed by atoms with E-state index in [0.29, 0.717) is 25.1 Å². The van der Waals surface area contributed by atoms with Crippen LogP contribution < -0.4 is 10.6 Å². The maximum atomic E-state index is 12.2. The zero-order chi connectivity index (χ0) is 20.1. The number of carbonyl (C=O) groups excluding carboxylic acids is 2. The lowest BCUT2D eigenvalue weighted by Gasteiger charge is -2.08. The lowest BCUT2D eigenvalue weighted by atomic mass is 10.2. The summed E-state index contributed by atoms with van der Waals surface area (Å²) in [4.78, 5) is 31.9. The summed E-state index contributed by atoms with van der Waals surface area (Å²) in [6, 6.07) is 18.4. The average molecular weight is 388 g/mol. The maximum Gasteiger partial charge on any atom is 0.291 e. The Kier molecular flexibility index (Phi) is 5.38. The van der Waals surface area contributed by atoms with E-state index in [2.05, 4.69) is 20.6 Å². The highest BCUT2D eigenvalue weighted by molar-refractivity contribution is 6.02. The zero-order valence-electron chi connectivity index (χ0n) is 15.6. The molecule has 146 valence electrons. The molecule has 0 saturated heterocycles. The van der Waals surface area contributed by atoms with Gasteiger partial charge in [-0.05, 0) is 42.0 Å². The molecule has 0 atom stereocenters. The van der Waals surface area contributed by atoms with Gasteiger partial charge in [0.2, 0.25) is 5.91 Å². The van der Waals surface area contributed by atoms with Gasteiger partial charge in [0.1, 0.15) is 5.82 Å². The Morgan fingerprint density at radius 3 is 2.76 bits per heavy atom. The number of benzene rings is 2. The SMILES string of the molecule is O=C(CCc1nc2ccccc2[nH]1)NCc1cccc(NC(=O)c2ccco2)c1. The molecule has 4 rings (SSSR count). The number of aryl methyl sites for hydroxylation is 1. The van der Waals surface area contributed by atoms with Crippen molar-refractivity contribution in [2.24, 2.45) is 0 Å². The number of amides is 2. The van der Waals surface area contributed by atoms with E-state index in [4.69, 9.17) is 4.42 Å². The van der Waals surface area contributed by atoms with Gasteiger partial charge in [-0.15, -0.1) is 0 Å². The van der Waals surface area contributed by atoms with Crippen LogP contribution >= 0.6 is 0 Å². The van der Waals surface area contributed by atoms with E-state index in [1.54, 1.807) is 18.2 Å². The number of nitrogens with zero attached hydrogens (tertiary/aromatic N) is 1. The molecule has 7 nitrogen and oxygen atoms in total. The lowest BCUT2D eigenvalue weighted by molar-refractivity contribution is -0.121. The molecule has 29 heavy (non-hydrogen) atoms. The first-order valence-corrected chi connectivity index (χ1v) is 9.31. The fraction of sp³-hybridized carbons (Fsp3) is 0.136. The van der Waals surface area contributed by atoms with E-state index < -0.39 is 0 Å². The molecule has 2 aromatic carbocycles. The van der Waals surface area contributed by atoms with E-state index in [0.717, 1.165) is 22.4 Å². The first kappa shape index (κ1) is 18.5. The van der Waals surface area contributed by atoms with Gasteiger partial charge in [-0.2, -0.15) is 0 Å². The number of aromatic nitrogens is 2. The number of nitrogens with one attached hydrogen (secondary N) is 3. The second-order valence-electron chi connectivity index (χ2n) is 6.61. The Balaban J connectivity index is 1.28. The van der Waals surface area contributed by atoms with Crippen molar-refractivity contribution in [1.82, 2.24) is 15.3 Å². The van der Waals surface area contributed by atoms with Gasteiger partial charge in [-0.1, -0.05) is 24.3 Å². The summed E-state index contributed by atoms with van der Waals surface area (Å²) in [5, 5.41) is 5.67. The molecule has 0 saturated carbocycles. The molecule has 2 amide bonds. The van der Waals surface area contributed by atoms with E-state index in [9.17, 15) is 9.59 Å². The highest BCUT2D eigenvalue weighted by atomic mass is 16.3. The monoisotopic (exact) mass is 388 g/mol. The Morgan fingerprint density at radius 2 is 1.93 bits per heavy atom. The Bertz CT molecular complexity index is 1100. The number of furan rings is 1. The van der Waals surface area contributed by atoms with Crippen LogP contribution in [0.15, 0.2) is 71.3 Å². The summed E-state index contributed by atoms with van der Waals surface area (Å²) in [6.07, 6.45) is 2.33. The molecule has 0 spiro atoms.